The first-order chi connectivity index (χ1) is 28.2. The monoisotopic (exact) mass is 822 g/mol. The molecule has 13 heteroatoms. The number of carbonyl (C=O) groups is 4. The van der Waals surface area contributed by atoms with E-state index < -0.39 is 65.8 Å². The van der Waals surface area contributed by atoms with Gasteiger partial charge in [0.05, 0.1) is 43.5 Å². The highest BCUT2D eigenvalue weighted by atomic mass is 16.6. The summed E-state index contributed by atoms with van der Waals surface area (Å²) in [4.78, 5) is 50.7. The highest BCUT2D eigenvalue weighted by molar-refractivity contribution is 5.87. The summed E-state index contributed by atoms with van der Waals surface area (Å²) in [7, 11) is 0. The van der Waals surface area contributed by atoms with E-state index >= 15 is 0 Å². The standard InChI is InChI=1S/C46H62O13/c1-31(2)35(21-14-8-15-23-36-38(48)25-40(50)43(36)56-28-32(47)27-55-33-17-9-6-10-18-33)45(53)59-42(52)24-16-5-4-13-22-37-39(49)26-41(51)44(37)58-30-46(3,54)29-57-34-19-11-7-12-20-34/h4,6-13,15,17-20,31-32,35-37,40-41,43-44,47,50-51,54H,5,14,16,21-30H2,1-3H3/b13-4-,15-8+. The average Bonchev–Trinajstić information content (AvgIpc) is 3.64. The number of carbonyl (C=O) groups excluding carboxylic acids is 4. The summed E-state index contributed by atoms with van der Waals surface area (Å²) in [6, 6.07) is 18.1. The molecule has 324 valence electrons. The molecule has 13 nitrogen and oxygen atoms in total. The first kappa shape index (κ1) is 47.4. The van der Waals surface area contributed by atoms with Gasteiger partial charge in [0, 0.05) is 31.1 Å². The van der Waals surface area contributed by atoms with E-state index in [1.807, 2.05) is 74.5 Å². The van der Waals surface area contributed by atoms with Crippen molar-refractivity contribution in [3.63, 3.8) is 0 Å². The van der Waals surface area contributed by atoms with Crippen LogP contribution in [-0.4, -0.2) is 106 Å². The highest BCUT2D eigenvalue weighted by Gasteiger charge is 2.43. The SMILES string of the molecule is CC(C)C(CC/C=C/CC1C(=O)CC(O)C1OCC(O)COc1ccccc1)C(=O)OC(=O)CCC/C=C\CC1C(=O)CC(O)C1OCC(C)(O)COc1ccccc1. The minimum absolute atomic E-state index is 0.00399. The Balaban J connectivity index is 1.12. The van der Waals surface area contributed by atoms with Gasteiger partial charge >= 0.3 is 11.9 Å². The summed E-state index contributed by atoms with van der Waals surface area (Å²) in [5, 5.41) is 42.0. The van der Waals surface area contributed by atoms with Crippen molar-refractivity contribution in [2.75, 3.05) is 26.4 Å². The molecule has 0 radical (unpaired) electrons. The first-order valence-corrected chi connectivity index (χ1v) is 20.7. The van der Waals surface area contributed by atoms with E-state index in [2.05, 4.69) is 0 Å². The summed E-state index contributed by atoms with van der Waals surface area (Å²) >= 11 is 0. The lowest BCUT2D eigenvalue weighted by atomic mass is 9.91. The zero-order valence-electron chi connectivity index (χ0n) is 34.4. The van der Waals surface area contributed by atoms with E-state index in [0.29, 0.717) is 50.0 Å². The third kappa shape index (κ3) is 16.0. The lowest BCUT2D eigenvalue weighted by molar-refractivity contribution is -0.164. The van der Waals surface area contributed by atoms with E-state index in [1.54, 1.807) is 31.2 Å². The number of aliphatic hydroxyl groups is 4. The van der Waals surface area contributed by atoms with Gasteiger partial charge in [-0.1, -0.05) is 74.5 Å². The van der Waals surface area contributed by atoms with E-state index in [0.717, 1.165) is 0 Å². The van der Waals surface area contributed by atoms with Gasteiger partial charge in [-0.05, 0) is 75.6 Å². The van der Waals surface area contributed by atoms with Crippen LogP contribution in [0, 0.1) is 23.7 Å². The molecule has 0 bridgehead atoms. The lowest BCUT2D eigenvalue weighted by Crippen LogP contribution is -2.41. The van der Waals surface area contributed by atoms with Gasteiger partial charge in [-0.3, -0.25) is 19.2 Å². The number of rotatable bonds is 25. The number of hydrogen-bond acceptors (Lipinski definition) is 13. The first-order valence-electron chi connectivity index (χ1n) is 20.7. The number of hydrogen-bond donors (Lipinski definition) is 4. The van der Waals surface area contributed by atoms with Crippen LogP contribution in [0.5, 0.6) is 11.5 Å². The maximum absolute atomic E-state index is 12.9. The van der Waals surface area contributed by atoms with E-state index in [4.69, 9.17) is 23.7 Å². The largest absolute Gasteiger partial charge is 0.491 e. The normalized spacial score (nSPS) is 24.1. The van der Waals surface area contributed by atoms with Crippen LogP contribution in [0.25, 0.3) is 0 Å². The number of unbranched alkanes of at least 4 members (excludes halogenated alkanes) is 1. The molecule has 9 atom stereocenters. The minimum Gasteiger partial charge on any atom is -0.491 e. The van der Waals surface area contributed by atoms with Gasteiger partial charge in [-0.2, -0.15) is 0 Å². The van der Waals surface area contributed by atoms with Crippen LogP contribution in [0.3, 0.4) is 0 Å². The molecule has 0 amide bonds. The Kier molecular flexibility index (Phi) is 19.4. The molecule has 2 aromatic rings. The van der Waals surface area contributed by atoms with Crippen LogP contribution < -0.4 is 9.47 Å². The molecule has 4 N–H and O–H groups in total. The van der Waals surface area contributed by atoms with Crippen molar-refractivity contribution in [2.24, 2.45) is 23.7 Å². The molecule has 2 fully saturated rings. The summed E-state index contributed by atoms with van der Waals surface area (Å²) in [6.07, 6.45) is 5.51. The Bertz CT molecular complexity index is 1660. The second kappa shape index (κ2) is 24.1. The molecule has 2 aliphatic carbocycles. The zero-order chi connectivity index (χ0) is 42.8. The van der Waals surface area contributed by atoms with E-state index in [-0.39, 0.29) is 63.2 Å². The van der Waals surface area contributed by atoms with E-state index in [9.17, 15) is 39.6 Å². The molecule has 0 aromatic heterocycles. The fraction of sp³-hybridized carbons (Fsp3) is 0.565. The summed E-state index contributed by atoms with van der Waals surface area (Å²) in [6.45, 7) is 5.09. The minimum atomic E-state index is -1.35. The van der Waals surface area contributed by atoms with Crippen molar-refractivity contribution in [3.8, 4) is 11.5 Å². The number of benzene rings is 2. The molecule has 59 heavy (non-hydrogen) atoms. The highest BCUT2D eigenvalue weighted by Crippen LogP contribution is 2.31. The van der Waals surface area contributed by atoms with Gasteiger partial charge in [0.15, 0.2) is 0 Å². The van der Waals surface area contributed by atoms with Crippen molar-refractivity contribution in [1.29, 1.82) is 0 Å². The van der Waals surface area contributed by atoms with Gasteiger partial charge in [0.25, 0.3) is 0 Å². The lowest BCUT2D eigenvalue weighted by Gasteiger charge is -2.28. The van der Waals surface area contributed by atoms with Gasteiger partial charge < -0.3 is 44.1 Å². The maximum Gasteiger partial charge on any atom is 0.316 e. The van der Waals surface area contributed by atoms with Gasteiger partial charge in [-0.25, -0.2) is 0 Å². The molecular weight excluding hydrogens is 760 g/mol. The number of Topliss-reactive ketones (excluding diaryl/α,β-unsaturated/α-hetero) is 2. The number of ether oxygens (including phenoxy) is 5. The molecule has 0 aliphatic heterocycles. The second-order valence-corrected chi connectivity index (χ2v) is 16.2. The van der Waals surface area contributed by atoms with Gasteiger partial charge in [0.2, 0.25) is 0 Å². The fourth-order valence-electron chi connectivity index (χ4n) is 7.21. The second-order valence-electron chi connectivity index (χ2n) is 16.2. The Hall–Kier alpha value is -4.24. The zero-order valence-corrected chi connectivity index (χ0v) is 34.4. The van der Waals surface area contributed by atoms with Gasteiger partial charge in [-0.15, -0.1) is 0 Å². The smallest absolute Gasteiger partial charge is 0.316 e. The number of aliphatic hydroxyl groups excluding tert-OH is 3. The molecule has 4 rings (SSSR count). The predicted octanol–water partition coefficient (Wildman–Crippen LogP) is 5.11. The van der Waals surface area contributed by atoms with Crippen LogP contribution in [0.15, 0.2) is 85.0 Å². The topological polar surface area (TPSA) is 195 Å². The van der Waals surface area contributed by atoms with E-state index in [1.165, 1.54) is 0 Å². The molecule has 0 saturated heterocycles. The molecule has 2 aromatic carbocycles. The van der Waals surface area contributed by atoms with Crippen molar-refractivity contribution in [1.82, 2.24) is 0 Å². The average molecular weight is 823 g/mol. The fourth-order valence-corrected chi connectivity index (χ4v) is 7.21. The summed E-state index contributed by atoms with van der Waals surface area (Å²) < 4.78 is 28.1. The van der Waals surface area contributed by atoms with Crippen molar-refractivity contribution < 1.29 is 63.3 Å². The van der Waals surface area contributed by atoms with Crippen LogP contribution in [0.1, 0.15) is 78.6 Å². The van der Waals surface area contributed by atoms with Gasteiger partial charge in [0.1, 0.15) is 48.0 Å². The third-order valence-electron chi connectivity index (χ3n) is 10.6. The van der Waals surface area contributed by atoms with Crippen LogP contribution in [0.2, 0.25) is 0 Å². The van der Waals surface area contributed by atoms with Crippen molar-refractivity contribution >= 4 is 23.5 Å². The summed E-state index contributed by atoms with van der Waals surface area (Å²) in [5.41, 5.74) is -1.35. The Morgan fingerprint density at radius 3 is 1.88 bits per heavy atom. The quantitative estimate of drug-likeness (QED) is 0.0447. The van der Waals surface area contributed by atoms with Crippen LogP contribution in [0.4, 0.5) is 0 Å². The molecule has 9 unspecified atom stereocenters. The number of esters is 2. The van der Waals surface area contributed by atoms with Crippen molar-refractivity contribution in [2.45, 2.75) is 115 Å². The Morgan fingerprint density at radius 2 is 1.31 bits per heavy atom. The molecule has 0 heterocycles. The molecule has 2 aliphatic rings. The predicted molar refractivity (Wildman–Crippen MR) is 218 cm³/mol. The Morgan fingerprint density at radius 1 is 0.763 bits per heavy atom. The third-order valence-corrected chi connectivity index (χ3v) is 10.6. The number of allylic oxidation sites excluding steroid dienone is 4. The Labute approximate surface area is 347 Å². The maximum atomic E-state index is 12.9. The van der Waals surface area contributed by atoms with Crippen LogP contribution >= 0.6 is 0 Å². The van der Waals surface area contributed by atoms with Crippen molar-refractivity contribution in [3.05, 3.63) is 85.0 Å². The molecular formula is C46H62O13. The van der Waals surface area contributed by atoms with Crippen LogP contribution in [-0.2, 0) is 33.4 Å². The molecule has 2 saturated carbocycles. The number of para-hydroxylation sites is 2. The number of ketones is 2. The summed E-state index contributed by atoms with van der Waals surface area (Å²) in [5.74, 6) is -1.94. The molecule has 0 spiro atoms.